The third kappa shape index (κ3) is 3.50. The van der Waals surface area contributed by atoms with Gasteiger partial charge in [-0.25, -0.2) is 4.79 Å². The summed E-state index contributed by atoms with van der Waals surface area (Å²) < 4.78 is 0.719. The highest BCUT2D eigenvalue weighted by Crippen LogP contribution is 2.32. The molecule has 1 saturated carbocycles. The number of carbonyl (C=O) groups is 1. The summed E-state index contributed by atoms with van der Waals surface area (Å²) in [6, 6.07) is 10.2. The number of H-pyrrole nitrogens is 1. The van der Waals surface area contributed by atoms with Crippen LogP contribution < -0.4 is 16.6 Å². The molecule has 0 aliphatic heterocycles. The second-order valence-corrected chi connectivity index (χ2v) is 6.45. The summed E-state index contributed by atoms with van der Waals surface area (Å²) in [5.74, 6) is -0.889. The van der Waals surface area contributed by atoms with Crippen molar-refractivity contribution in [1.82, 2.24) is 14.9 Å². The van der Waals surface area contributed by atoms with Crippen molar-refractivity contribution < 1.29 is 9.90 Å². The zero-order chi connectivity index (χ0) is 18.0. The molecule has 0 radical (unpaired) electrons. The van der Waals surface area contributed by atoms with E-state index in [0.29, 0.717) is 5.92 Å². The molecule has 1 fully saturated rings. The van der Waals surface area contributed by atoms with Crippen LogP contribution in [0.1, 0.15) is 47.7 Å². The number of benzene rings is 1. The first-order chi connectivity index (χ1) is 12.0. The van der Waals surface area contributed by atoms with Gasteiger partial charge in [0, 0.05) is 13.1 Å². The molecular formula is C18H21N3O4. The summed E-state index contributed by atoms with van der Waals surface area (Å²) in [6.07, 6.45) is 3.52. The second kappa shape index (κ2) is 6.96. The van der Waals surface area contributed by atoms with Crippen molar-refractivity contribution in [3.8, 4) is 5.75 Å². The second-order valence-electron chi connectivity index (χ2n) is 6.45. The number of aromatic nitrogens is 2. The molecule has 25 heavy (non-hydrogen) atoms. The number of hydrogen-bond donors (Lipinski definition) is 3. The molecule has 0 saturated heterocycles. The van der Waals surface area contributed by atoms with Crippen molar-refractivity contribution in [2.24, 2.45) is 7.05 Å². The molecule has 0 spiro atoms. The minimum Gasteiger partial charge on any atom is -0.501 e. The van der Waals surface area contributed by atoms with Crippen LogP contribution >= 0.6 is 0 Å². The van der Waals surface area contributed by atoms with E-state index in [0.717, 1.165) is 30.3 Å². The Kier molecular flexibility index (Phi) is 4.74. The lowest BCUT2D eigenvalue weighted by Crippen LogP contribution is -2.41. The summed E-state index contributed by atoms with van der Waals surface area (Å²) in [5.41, 5.74) is -0.693. The zero-order valence-electron chi connectivity index (χ0n) is 14.0. The maximum Gasteiger partial charge on any atom is 0.328 e. The van der Waals surface area contributed by atoms with Crippen LogP contribution in [0.15, 0.2) is 39.9 Å². The average Bonchev–Trinajstić information content (AvgIpc) is 2.64. The fraction of sp³-hybridized carbons (Fsp3) is 0.389. The number of nitrogens with zero attached hydrogens (tertiary/aromatic N) is 1. The molecule has 1 heterocycles. The standard InChI is InChI=1S/C18H21N3O4/c1-21-17(24)15(22)14(20-18(21)25)16(23)19-13-9-7-12(8-10-13)11-5-3-2-4-6-11/h2-6,12-13,22H,7-10H2,1H3,(H,19,23)(H,20,25). The van der Waals surface area contributed by atoms with Gasteiger partial charge in [0.15, 0.2) is 5.69 Å². The van der Waals surface area contributed by atoms with Gasteiger partial charge >= 0.3 is 5.69 Å². The van der Waals surface area contributed by atoms with Gasteiger partial charge in [0.05, 0.1) is 0 Å². The minimum atomic E-state index is -0.887. The van der Waals surface area contributed by atoms with E-state index in [4.69, 9.17) is 0 Å². The summed E-state index contributed by atoms with van der Waals surface area (Å²) in [4.78, 5) is 37.9. The summed E-state index contributed by atoms with van der Waals surface area (Å²) in [5, 5.41) is 12.6. The first-order valence-corrected chi connectivity index (χ1v) is 8.35. The van der Waals surface area contributed by atoms with E-state index in [2.05, 4.69) is 22.4 Å². The molecule has 7 heteroatoms. The summed E-state index contributed by atoms with van der Waals surface area (Å²) in [7, 11) is 1.23. The van der Waals surface area contributed by atoms with E-state index in [9.17, 15) is 19.5 Å². The van der Waals surface area contributed by atoms with E-state index < -0.39 is 22.9 Å². The highest BCUT2D eigenvalue weighted by atomic mass is 16.3. The first-order valence-electron chi connectivity index (χ1n) is 8.35. The lowest BCUT2D eigenvalue weighted by molar-refractivity contribution is 0.0916. The topological polar surface area (TPSA) is 104 Å². The number of aromatic amines is 1. The Bertz CT molecular complexity index is 877. The normalized spacial score (nSPS) is 20.2. The largest absolute Gasteiger partial charge is 0.501 e. The van der Waals surface area contributed by atoms with Crippen LogP contribution in [0.25, 0.3) is 0 Å². The zero-order valence-corrected chi connectivity index (χ0v) is 14.0. The van der Waals surface area contributed by atoms with E-state index in [1.54, 1.807) is 0 Å². The van der Waals surface area contributed by atoms with Crippen LogP contribution in [0.5, 0.6) is 5.75 Å². The third-order valence-electron chi connectivity index (χ3n) is 4.84. The summed E-state index contributed by atoms with van der Waals surface area (Å²) in [6.45, 7) is 0. The smallest absolute Gasteiger partial charge is 0.328 e. The number of amides is 1. The number of aromatic hydroxyl groups is 1. The van der Waals surface area contributed by atoms with Gasteiger partial charge in [-0.1, -0.05) is 30.3 Å². The molecule has 2 aromatic rings. The molecule has 3 N–H and O–H groups in total. The Morgan fingerprint density at radius 2 is 1.80 bits per heavy atom. The van der Waals surface area contributed by atoms with Crippen molar-refractivity contribution >= 4 is 5.91 Å². The maximum atomic E-state index is 12.3. The van der Waals surface area contributed by atoms with Gasteiger partial charge in [0.25, 0.3) is 11.5 Å². The monoisotopic (exact) mass is 343 g/mol. The highest BCUT2D eigenvalue weighted by Gasteiger charge is 2.25. The Labute approximate surface area is 144 Å². The molecule has 3 rings (SSSR count). The van der Waals surface area contributed by atoms with E-state index in [1.807, 2.05) is 18.2 Å². The van der Waals surface area contributed by atoms with E-state index in [1.165, 1.54) is 12.6 Å². The Morgan fingerprint density at radius 3 is 2.44 bits per heavy atom. The van der Waals surface area contributed by atoms with Crippen molar-refractivity contribution in [3.63, 3.8) is 0 Å². The maximum absolute atomic E-state index is 12.3. The minimum absolute atomic E-state index is 0.0422. The fourth-order valence-corrected chi connectivity index (χ4v) is 3.33. The van der Waals surface area contributed by atoms with Crippen molar-refractivity contribution in [2.75, 3.05) is 0 Å². The van der Waals surface area contributed by atoms with Crippen molar-refractivity contribution in [1.29, 1.82) is 0 Å². The quantitative estimate of drug-likeness (QED) is 0.780. The van der Waals surface area contributed by atoms with Gasteiger partial charge in [0.2, 0.25) is 5.75 Å². The molecule has 132 valence electrons. The van der Waals surface area contributed by atoms with E-state index >= 15 is 0 Å². The van der Waals surface area contributed by atoms with Crippen molar-refractivity contribution in [2.45, 2.75) is 37.6 Å². The molecule has 1 amide bonds. The molecule has 0 bridgehead atoms. The molecule has 1 aliphatic carbocycles. The van der Waals surface area contributed by atoms with Gasteiger partial charge in [-0.15, -0.1) is 0 Å². The van der Waals surface area contributed by atoms with Gasteiger partial charge in [0.1, 0.15) is 0 Å². The molecule has 1 aliphatic rings. The van der Waals surface area contributed by atoms with Crippen LogP contribution in [0.4, 0.5) is 0 Å². The fourth-order valence-electron chi connectivity index (χ4n) is 3.33. The molecular weight excluding hydrogens is 322 g/mol. The van der Waals surface area contributed by atoms with Crippen LogP contribution in [0, 0.1) is 0 Å². The van der Waals surface area contributed by atoms with Crippen LogP contribution in [-0.4, -0.2) is 26.6 Å². The first kappa shape index (κ1) is 17.0. The number of hydrogen-bond acceptors (Lipinski definition) is 4. The molecule has 0 unspecified atom stereocenters. The number of carbonyl (C=O) groups excluding carboxylic acids is 1. The SMILES string of the molecule is Cn1c(=O)[nH]c(C(=O)NC2CCC(c3ccccc3)CC2)c(O)c1=O. The predicted molar refractivity (Wildman–Crippen MR) is 92.9 cm³/mol. The average molecular weight is 343 g/mol. The molecule has 0 atom stereocenters. The van der Waals surface area contributed by atoms with Gasteiger partial charge < -0.3 is 10.4 Å². The Balaban J connectivity index is 1.66. The lowest BCUT2D eigenvalue weighted by atomic mass is 9.82. The van der Waals surface area contributed by atoms with Gasteiger partial charge in [-0.2, -0.15) is 0 Å². The molecule has 1 aromatic carbocycles. The van der Waals surface area contributed by atoms with Crippen LogP contribution in [-0.2, 0) is 7.05 Å². The predicted octanol–water partition coefficient (Wildman–Crippen LogP) is 1.24. The van der Waals surface area contributed by atoms with Crippen molar-refractivity contribution in [3.05, 3.63) is 62.4 Å². The summed E-state index contributed by atoms with van der Waals surface area (Å²) >= 11 is 0. The van der Waals surface area contributed by atoms with Crippen LogP contribution in [0.2, 0.25) is 0 Å². The lowest BCUT2D eigenvalue weighted by Gasteiger charge is -2.29. The molecule has 7 nitrogen and oxygen atoms in total. The third-order valence-corrected chi connectivity index (χ3v) is 4.84. The number of nitrogens with one attached hydrogen (secondary N) is 2. The van der Waals surface area contributed by atoms with Gasteiger partial charge in [-0.05, 0) is 37.2 Å². The molecule has 1 aromatic heterocycles. The Hall–Kier alpha value is -2.83. The van der Waals surface area contributed by atoms with Crippen LogP contribution in [0.3, 0.4) is 0 Å². The van der Waals surface area contributed by atoms with Gasteiger partial charge in [-0.3, -0.25) is 19.1 Å². The highest BCUT2D eigenvalue weighted by molar-refractivity contribution is 5.94. The van der Waals surface area contributed by atoms with E-state index in [-0.39, 0.29) is 11.7 Å². The number of rotatable bonds is 3. The Morgan fingerprint density at radius 1 is 1.16 bits per heavy atom.